The Morgan fingerprint density at radius 2 is 2.17 bits per heavy atom. The number of carbonyl (C=O) groups is 1. The van der Waals surface area contributed by atoms with Crippen molar-refractivity contribution in [3.05, 3.63) is 62.4 Å². The van der Waals surface area contributed by atoms with Crippen molar-refractivity contribution in [3.8, 4) is 0 Å². The summed E-state index contributed by atoms with van der Waals surface area (Å²) in [5.74, 6) is 0.170. The molecule has 0 aliphatic heterocycles. The number of thiophene rings is 1. The summed E-state index contributed by atoms with van der Waals surface area (Å²) in [5.41, 5.74) is 0.175. The zero-order valence-electron chi connectivity index (χ0n) is 12.4. The number of carbonyl (C=O) groups excluding carboxylic acids is 1. The maximum absolute atomic E-state index is 12.2. The fraction of sp³-hybridized carbons (Fsp3) is 0.200. The number of aromatic nitrogens is 3. The summed E-state index contributed by atoms with van der Waals surface area (Å²) in [7, 11) is 1.61. The van der Waals surface area contributed by atoms with Gasteiger partial charge in [0.15, 0.2) is 0 Å². The summed E-state index contributed by atoms with van der Waals surface area (Å²) >= 11 is 1.33. The third kappa shape index (κ3) is 3.21. The lowest BCUT2D eigenvalue weighted by molar-refractivity contribution is -0.131. The Labute approximate surface area is 134 Å². The molecule has 3 aromatic heterocycles. The molecule has 1 N–H and O–H groups in total. The molecule has 0 aromatic carbocycles. The quantitative estimate of drug-likeness (QED) is 0.766. The van der Waals surface area contributed by atoms with Gasteiger partial charge in [0.2, 0.25) is 5.91 Å². The highest BCUT2D eigenvalue weighted by Crippen LogP contribution is 2.14. The van der Waals surface area contributed by atoms with E-state index >= 15 is 0 Å². The molecule has 3 rings (SSSR count). The van der Waals surface area contributed by atoms with E-state index in [1.54, 1.807) is 36.8 Å². The first kappa shape index (κ1) is 15.2. The molecule has 23 heavy (non-hydrogen) atoms. The van der Waals surface area contributed by atoms with E-state index < -0.39 is 0 Å². The highest BCUT2D eigenvalue weighted by atomic mass is 32.1. The molecule has 0 atom stereocenters. The Morgan fingerprint density at radius 1 is 1.35 bits per heavy atom. The predicted octanol–water partition coefficient (Wildman–Crippen LogP) is 0.805. The van der Waals surface area contributed by atoms with Gasteiger partial charge in [0.1, 0.15) is 17.1 Å². The second-order valence-electron chi connectivity index (χ2n) is 5.06. The number of nitrogens with one attached hydrogen (secondary N) is 1. The van der Waals surface area contributed by atoms with E-state index in [1.807, 2.05) is 0 Å². The van der Waals surface area contributed by atoms with Crippen LogP contribution in [-0.4, -0.2) is 32.4 Å². The Bertz CT molecular complexity index is 972. The molecule has 3 heterocycles. The van der Waals surface area contributed by atoms with E-state index in [2.05, 4.69) is 9.97 Å². The van der Waals surface area contributed by atoms with Crippen LogP contribution in [0.3, 0.4) is 0 Å². The Morgan fingerprint density at radius 3 is 2.96 bits per heavy atom. The molecule has 118 valence electrons. The van der Waals surface area contributed by atoms with Crippen molar-refractivity contribution < 1.29 is 4.79 Å². The second kappa shape index (κ2) is 6.17. The molecule has 7 nitrogen and oxygen atoms in total. The van der Waals surface area contributed by atoms with Crippen LogP contribution in [0.4, 0.5) is 0 Å². The van der Waals surface area contributed by atoms with Crippen molar-refractivity contribution in [3.63, 3.8) is 0 Å². The molecule has 0 spiro atoms. The summed E-state index contributed by atoms with van der Waals surface area (Å²) in [6.07, 6.45) is 1.56. The smallest absolute Gasteiger partial charge is 0.268 e. The molecule has 0 bridgehead atoms. The summed E-state index contributed by atoms with van der Waals surface area (Å²) in [5, 5.41) is 1.80. The number of fused-ring (bicyclic) bond motifs is 1. The number of hydrogen-bond donors (Lipinski definition) is 1. The Kier molecular flexibility index (Phi) is 4.07. The molecule has 0 saturated carbocycles. The summed E-state index contributed by atoms with van der Waals surface area (Å²) < 4.78 is 1.90. The standard InChI is InChI=1S/C15H14N4O3S/c1-18(13(21)9-19-6-3-2-4-12(19)20)8-11-16-10-5-7-23-14(10)15(22)17-11/h2-7H,8-9H2,1H3,(H,16,17,22). The molecule has 0 radical (unpaired) electrons. The molecule has 0 aliphatic rings. The highest BCUT2D eigenvalue weighted by Gasteiger charge is 2.13. The van der Waals surface area contributed by atoms with E-state index in [4.69, 9.17) is 0 Å². The number of H-pyrrole nitrogens is 1. The van der Waals surface area contributed by atoms with Gasteiger partial charge in [0.05, 0.1) is 12.1 Å². The maximum atomic E-state index is 12.2. The van der Waals surface area contributed by atoms with Crippen LogP contribution >= 0.6 is 11.3 Å². The van der Waals surface area contributed by atoms with Gasteiger partial charge in [-0.2, -0.15) is 0 Å². The minimum Gasteiger partial charge on any atom is -0.337 e. The van der Waals surface area contributed by atoms with Crippen molar-refractivity contribution in [2.75, 3.05) is 7.05 Å². The van der Waals surface area contributed by atoms with E-state index in [1.165, 1.54) is 26.9 Å². The van der Waals surface area contributed by atoms with Gasteiger partial charge >= 0.3 is 0 Å². The van der Waals surface area contributed by atoms with E-state index in [0.29, 0.717) is 16.0 Å². The van der Waals surface area contributed by atoms with E-state index in [9.17, 15) is 14.4 Å². The molecule has 8 heteroatoms. The van der Waals surface area contributed by atoms with Gasteiger partial charge < -0.3 is 14.5 Å². The number of pyridine rings is 1. The lowest BCUT2D eigenvalue weighted by atomic mass is 10.4. The highest BCUT2D eigenvalue weighted by molar-refractivity contribution is 7.17. The molecule has 0 saturated heterocycles. The van der Waals surface area contributed by atoms with Gasteiger partial charge in [-0.1, -0.05) is 6.07 Å². The van der Waals surface area contributed by atoms with Crippen LogP contribution in [-0.2, 0) is 17.9 Å². The lowest BCUT2D eigenvalue weighted by Crippen LogP contribution is -2.34. The number of likely N-dealkylation sites (N-methyl/N-ethyl adjacent to an activating group) is 1. The second-order valence-corrected chi connectivity index (χ2v) is 5.98. The van der Waals surface area contributed by atoms with E-state index in [-0.39, 0.29) is 30.1 Å². The SMILES string of the molecule is CN(Cc1nc2ccsc2c(=O)[nH]1)C(=O)Cn1ccccc1=O. The normalized spacial score (nSPS) is 10.8. The topological polar surface area (TPSA) is 88.1 Å². The van der Waals surface area contributed by atoms with Crippen LogP contribution in [0.1, 0.15) is 5.82 Å². The first-order valence-corrected chi connectivity index (χ1v) is 7.78. The summed E-state index contributed by atoms with van der Waals surface area (Å²) in [6, 6.07) is 6.48. The van der Waals surface area contributed by atoms with Crippen LogP contribution in [0.2, 0.25) is 0 Å². The Hall–Kier alpha value is -2.74. The van der Waals surface area contributed by atoms with Crippen molar-refractivity contribution in [2.24, 2.45) is 0 Å². The minimum atomic E-state index is -0.244. The number of amides is 1. The van der Waals surface area contributed by atoms with Crippen LogP contribution < -0.4 is 11.1 Å². The van der Waals surface area contributed by atoms with Gasteiger partial charge in [0, 0.05) is 19.3 Å². The molecule has 0 unspecified atom stereocenters. The van der Waals surface area contributed by atoms with Crippen LogP contribution in [0.15, 0.2) is 45.4 Å². The molecule has 0 aliphatic carbocycles. The largest absolute Gasteiger partial charge is 0.337 e. The Balaban J connectivity index is 1.76. The molecular formula is C15H14N4O3S. The van der Waals surface area contributed by atoms with Crippen LogP contribution in [0, 0.1) is 0 Å². The minimum absolute atomic E-state index is 0.0545. The third-order valence-electron chi connectivity index (χ3n) is 3.38. The molecule has 0 fully saturated rings. The van der Waals surface area contributed by atoms with Crippen LogP contribution in [0.25, 0.3) is 10.2 Å². The lowest BCUT2D eigenvalue weighted by Gasteiger charge is -2.17. The number of aromatic amines is 1. The molecule has 1 amide bonds. The average molecular weight is 330 g/mol. The van der Waals surface area contributed by atoms with Gasteiger partial charge in [-0.25, -0.2) is 4.98 Å². The van der Waals surface area contributed by atoms with E-state index in [0.717, 1.165) is 0 Å². The number of hydrogen-bond acceptors (Lipinski definition) is 5. The van der Waals surface area contributed by atoms with Crippen LogP contribution in [0.5, 0.6) is 0 Å². The third-order valence-corrected chi connectivity index (χ3v) is 4.28. The zero-order valence-corrected chi connectivity index (χ0v) is 13.2. The monoisotopic (exact) mass is 330 g/mol. The summed E-state index contributed by atoms with van der Waals surface area (Å²) in [4.78, 5) is 44.2. The number of nitrogens with zero attached hydrogens (tertiary/aromatic N) is 3. The first-order chi connectivity index (χ1) is 11.0. The fourth-order valence-corrected chi connectivity index (χ4v) is 2.89. The average Bonchev–Trinajstić information content (AvgIpc) is 2.98. The van der Waals surface area contributed by atoms with Crippen molar-refractivity contribution in [2.45, 2.75) is 13.1 Å². The number of rotatable bonds is 4. The van der Waals surface area contributed by atoms with Crippen molar-refractivity contribution >= 4 is 27.5 Å². The van der Waals surface area contributed by atoms with Gasteiger partial charge in [-0.3, -0.25) is 14.4 Å². The molecular weight excluding hydrogens is 316 g/mol. The van der Waals surface area contributed by atoms with Crippen molar-refractivity contribution in [1.82, 2.24) is 19.4 Å². The predicted molar refractivity (Wildman–Crippen MR) is 87.4 cm³/mol. The molecule has 3 aromatic rings. The van der Waals surface area contributed by atoms with Crippen molar-refractivity contribution in [1.29, 1.82) is 0 Å². The first-order valence-electron chi connectivity index (χ1n) is 6.90. The fourth-order valence-electron chi connectivity index (χ4n) is 2.17. The zero-order chi connectivity index (χ0) is 16.4. The van der Waals surface area contributed by atoms with Gasteiger partial charge in [-0.05, 0) is 17.5 Å². The maximum Gasteiger partial charge on any atom is 0.268 e. The summed E-state index contributed by atoms with van der Waals surface area (Å²) in [6.45, 7) is 0.114. The van der Waals surface area contributed by atoms with Gasteiger partial charge in [0.25, 0.3) is 11.1 Å². The van der Waals surface area contributed by atoms with Gasteiger partial charge in [-0.15, -0.1) is 11.3 Å².